The number of carbonyl (C=O) groups is 1. The molecule has 0 radical (unpaired) electrons. The summed E-state index contributed by atoms with van der Waals surface area (Å²) in [6, 6.07) is 3.98. The van der Waals surface area contributed by atoms with Crippen molar-refractivity contribution in [1.82, 2.24) is 0 Å². The van der Waals surface area contributed by atoms with E-state index in [1.54, 1.807) is 0 Å². The van der Waals surface area contributed by atoms with E-state index in [0.717, 1.165) is 5.56 Å². The molecule has 1 heterocycles. The molecule has 0 unspecified atom stereocenters. The molecule has 0 bridgehead atoms. The first-order valence-electron chi connectivity index (χ1n) is 4.87. The van der Waals surface area contributed by atoms with Gasteiger partial charge in [-0.25, -0.2) is 4.57 Å². The molecule has 1 aromatic heterocycles. The third kappa shape index (κ3) is 2.95. The minimum absolute atomic E-state index is 0.238. The van der Waals surface area contributed by atoms with Gasteiger partial charge < -0.3 is 0 Å². The standard InChI is InChI=1S/C12H18NO/c1-12(2,3)11(14)9-10-5-7-13(4)8-6-10/h5-8H,9H2,1-4H3/q+1. The van der Waals surface area contributed by atoms with E-state index in [0.29, 0.717) is 6.42 Å². The SMILES string of the molecule is C[n+]1ccc(CC(=O)C(C)(C)C)cc1. The van der Waals surface area contributed by atoms with Crippen LogP contribution in [0.1, 0.15) is 26.3 Å². The lowest BCUT2D eigenvalue weighted by atomic mass is 9.87. The molecule has 0 atom stereocenters. The number of aromatic nitrogens is 1. The van der Waals surface area contributed by atoms with E-state index >= 15 is 0 Å². The van der Waals surface area contributed by atoms with Gasteiger partial charge in [-0.2, -0.15) is 0 Å². The average molecular weight is 192 g/mol. The lowest BCUT2D eigenvalue weighted by Crippen LogP contribution is -2.27. The van der Waals surface area contributed by atoms with Crippen LogP contribution in [0.2, 0.25) is 0 Å². The number of ketones is 1. The minimum atomic E-state index is -0.238. The van der Waals surface area contributed by atoms with Gasteiger partial charge >= 0.3 is 0 Å². The minimum Gasteiger partial charge on any atom is -0.299 e. The lowest BCUT2D eigenvalue weighted by molar-refractivity contribution is -0.671. The van der Waals surface area contributed by atoms with E-state index in [9.17, 15) is 4.79 Å². The Labute approximate surface area is 85.6 Å². The Kier molecular flexibility index (Phi) is 3.04. The van der Waals surface area contributed by atoms with Gasteiger partial charge in [0.15, 0.2) is 12.4 Å². The molecule has 0 aliphatic heterocycles. The molecular formula is C12H18NO+. The summed E-state index contributed by atoms with van der Waals surface area (Å²) in [7, 11) is 1.97. The highest BCUT2D eigenvalue weighted by Crippen LogP contribution is 2.17. The zero-order valence-corrected chi connectivity index (χ0v) is 9.37. The van der Waals surface area contributed by atoms with Crippen molar-refractivity contribution in [2.45, 2.75) is 27.2 Å². The van der Waals surface area contributed by atoms with E-state index < -0.39 is 0 Å². The van der Waals surface area contributed by atoms with Crippen LogP contribution in [0.4, 0.5) is 0 Å². The Morgan fingerprint density at radius 2 is 1.79 bits per heavy atom. The molecule has 1 aromatic rings. The molecular weight excluding hydrogens is 174 g/mol. The largest absolute Gasteiger partial charge is 0.299 e. The van der Waals surface area contributed by atoms with Gasteiger partial charge in [-0.3, -0.25) is 4.79 Å². The highest BCUT2D eigenvalue weighted by molar-refractivity contribution is 5.85. The van der Waals surface area contributed by atoms with Crippen LogP contribution < -0.4 is 4.57 Å². The van der Waals surface area contributed by atoms with E-state index in [1.807, 2.05) is 56.9 Å². The monoisotopic (exact) mass is 192 g/mol. The maximum absolute atomic E-state index is 11.7. The Hall–Kier alpha value is -1.18. The Bertz CT molecular complexity index is 319. The molecule has 0 N–H and O–H groups in total. The van der Waals surface area contributed by atoms with Gasteiger partial charge in [0.1, 0.15) is 12.8 Å². The Morgan fingerprint density at radius 3 is 2.21 bits per heavy atom. The van der Waals surface area contributed by atoms with Crippen molar-refractivity contribution in [3.8, 4) is 0 Å². The average Bonchev–Trinajstić information content (AvgIpc) is 2.07. The summed E-state index contributed by atoms with van der Waals surface area (Å²) in [4.78, 5) is 11.7. The highest BCUT2D eigenvalue weighted by Gasteiger charge is 2.21. The molecule has 0 aromatic carbocycles. The number of aryl methyl sites for hydroxylation is 1. The third-order valence-electron chi connectivity index (χ3n) is 2.25. The first-order chi connectivity index (χ1) is 6.39. The van der Waals surface area contributed by atoms with Gasteiger partial charge in [-0.15, -0.1) is 0 Å². The van der Waals surface area contributed by atoms with Gasteiger partial charge in [-0.05, 0) is 5.56 Å². The summed E-state index contributed by atoms with van der Waals surface area (Å²) in [5.41, 5.74) is 0.848. The summed E-state index contributed by atoms with van der Waals surface area (Å²) >= 11 is 0. The molecule has 0 aliphatic rings. The first kappa shape index (κ1) is 10.9. The zero-order valence-electron chi connectivity index (χ0n) is 9.37. The maximum atomic E-state index is 11.7. The van der Waals surface area contributed by atoms with E-state index in [2.05, 4.69) is 0 Å². The second kappa shape index (κ2) is 3.91. The molecule has 0 fully saturated rings. The topological polar surface area (TPSA) is 20.9 Å². The van der Waals surface area contributed by atoms with E-state index in [-0.39, 0.29) is 11.2 Å². The molecule has 0 aliphatic carbocycles. The van der Waals surface area contributed by atoms with Crippen LogP contribution in [0.3, 0.4) is 0 Å². The summed E-state index contributed by atoms with van der Waals surface area (Å²) < 4.78 is 1.96. The fourth-order valence-corrected chi connectivity index (χ4v) is 1.10. The number of hydrogen-bond donors (Lipinski definition) is 0. The summed E-state index contributed by atoms with van der Waals surface area (Å²) in [6.45, 7) is 5.87. The quantitative estimate of drug-likeness (QED) is 0.653. The van der Waals surface area contributed by atoms with Crippen molar-refractivity contribution in [2.75, 3.05) is 0 Å². The predicted octanol–water partition coefficient (Wildman–Crippen LogP) is 1.67. The van der Waals surface area contributed by atoms with Crippen LogP contribution in [0.5, 0.6) is 0 Å². The highest BCUT2D eigenvalue weighted by atomic mass is 16.1. The van der Waals surface area contributed by atoms with Gasteiger partial charge in [-0.1, -0.05) is 20.8 Å². The van der Waals surface area contributed by atoms with Crippen LogP contribution in [0, 0.1) is 5.41 Å². The van der Waals surface area contributed by atoms with Crippen molar-refractivity contribution in [1.29, 1.82) is 0 Å². The number of carbonyl (C=O) groups excluding carboxylic acids is 1. The molecule has 76 valence electrons. The maximum Gasteiger partial charge on any atom is 0.168 e. The van der Waals surface area contributed by atoms with E-state index in [4.69, 9.17) is 0 Å². The third-order valence-corrected chi connectivity index (χ3v) is 2.25. The smallest absolute Gasteiger partial charge is 0.168 e. The molecule has 0 saturated heterocycles. The molecule has 0 spiro atoms. The number of nitrogens with zero attached hydrogens (tertiary/aromatic N) is 1. The summed E-state index contributed by atoms with van der Waals surface area (Å²) in [5, 5.41) is 0. The van der Waals surface area contributed by atoms with Crippen LogP contribution in [0.25, 0.3) is 0 Å². The van der Waals surface area contributed by atoms with Gasteiger partial charge in [0, 0.05) is 24.0 Å². The molecule has 1 rings (SSSR count). The normalized spacial score (nSPS) is 11.4. The fourth-order valence-electron chi connectivity index (χ4n) is 1.10. The second-order valence-corrected chi connectivity index (χ2v) is 4.72. The van der Waals surface area contributed by atoms with Gasteiger partial charge in [0.2, 0.25) is 0 Å². The van der Waals surface area contributed by atoms with Crippen LogP contribution in [-0.2, 0) is 18.3 Å². The molecule has 2 nitrogen and oxygen atoms in total. The van der Waals surface area contributed by atoms with Crippen molar-refractivity contribution >= 4 is 5.78 Å². The first-order valence-corrected chi connectivity index (χ1v) is 4.87. The summed E-state index contributed by atoms with van der Waals surface area (Å²) in [5.74, 6) is 0.284. The predicted molar refractivity (Wildman–Crippen MR) is 55.8 cm³/mol. The van der Waals surface area contributed by atoms with Gasteiger partial charge in [0.25, 0.3) is 0 Å². The number of pyridine rings is 1. The number of rotatable bonds is 2. The van der Waals surface area contributed by atoms with Crippen molar-refractivity contribution in [2.24, 2.45) is 12.5 Å². The number of hydrogen-bond acceptors (Lipinski definition) is 1. The molecule has 0 amide bonds. The number of Topliss-reactive ketones (excluding diaryl/α,β-unsaturated/α-hetero) is 1. The fraction of sp³-hybridized carbons (Fsp3) is 0.500. The van der Waals surface area contributed by atoms with Crippen molar-refractivity contribution in [3.05, 3.63) is 30.1 Å². The van der Waals surface area contributed by atoms with Crippen molar-refractivity contribution < 1.29 is 9.36 Å². The van der Waals surface area contributed by atoms with Crippen LogP contribution in [-0.4, -0.2) is 5.78 Å². The summed E-state index contributed by atoms with van der Waals surface area (Å²) in [6.07, 6.45) is 4.46. The van der Waals surface area contributed by atoms with E-state index in [1.165, 1.54) is 0 Å². The Balaban J connectivity index is 2.71. The molecule has 2 heteroatoms. The van der Waals surface area contributed by atoms with Crippen LogP contribution >= 0.6 is 0 Å². The Morgan fingerprint density at radius 1 is 1.29 bits per heavy atom. The van der Waals surface area contributed by atoms with Crippen LogP contribution in [0.15, 0.2) is 24.5 Å². The molecule has 14 heavy (non-hydrogen) atoms. The second-order valence-electron chi connectivity index (χ2n) is 4.72. The lowest BCUT2D eigenvalue weighted by Gasteiger charge is -2.15. The van der Waals surface area contributed by atoms with Gasteiger partial charge in [0.05, 0.1) is 0 Å². The zero-order chi connectivity index (χ0) is 10.8. The van der Waals surface area contributed by atoms with Crippen molar-refractivity contribution in [3.63, 3.8) is 0 Å². The molecule has 0 saturated carbocycles.